The van der Waals surface area contributed by atoms with Gasteiger partial charge in [0, 0.05) is 0 Å². The van der Waals surface area contributed by atoms with Crippen LogP contribution in [0.25, 0.3) is 0 Å². The minimum atomic E-state index is -1.03. The maximum absolute atomic E-state index is 8.08. The van der Waals surface area contributed by atoms with Crippen LogP contribution in [-0.2, 0) is 0 Å². The molecular weight excluding hydrogens is 82.0 g/mol. The molecule has 0 fully saturated rings. The molecule has 4 N–H and O–H groups in total. The number of aliphatic hydroxyl groups excluding tert-OH is 2. The average molecular weight is 89.1 g/mol. The molecule has 3 nitrogen and oxygen atoms in total. The first-order chi connectivity index (χ1) is 2.77. The zero-order valence-electron chi connectivity index (χ0n) is 3.20. The predicted octanol–water partition coefficient (Wildman–Crippen LogP) is -0.665. The van der Waals surface area contributed by atoms with Gasteiger partial charge in [0.25, 0.3) is 0 Å². The van der Waals surface area contributed by atoms with Crippen molar-refractivity contribution in [2.24, 2.45) is 5.73 Å². The SMILES string of the molecule is N[C@@H](O)/C=C/O. The summed E-state index contributed by atoms with van der Waals surface area (Å²) in [5.74, 6) is 0. The summed E-state index contributed by atoms with van der Waals surface area (Å²) >= 11 is 0. The molecule has 0 aliphatic rings. The molecule has 3 heteroatoms. The Morgan fingerprint density at radius 2 is 2.17 bits per heavy atom. The van der Waals surface area contributed by atoms with E-state index < -0.39 is 6.23 Å². The third-order valence-electron chi connectivity index (χ3n) is 0.283. The Balaban J connectivity index is 3.03. The fourth-order valence-corrected chi connectivity index (χ4v) is 0.0882. The largest absolute Gasteiger partial charge is 0.516 e. The lowest BCUT2D eigenvalue weighted by molar-refractivity contribution is 0.228. The van der Waals surface area contributed by atoms with Crippen LogP contribution in [0.2, 0.25) is 0 Å². The highest BCUT2D eigenvalue weighted by atomic mass is 16.3. The van der Waals surface area contributed by atoms with E-state index in [1.54, 1.807) is 0 Å². The van der Waals surface area contributed by atoms with E-state index in [1.807, 2.05) is 0 Å². The quantitative estimate of drug-likeness (QED) is 0.295. The number of aliphatic hydroxyl groups is 2. The minimum absolute atomic E-state index is 0.699. The highest BCUT2D eigenvalue weighted by Crippen LogP contribution is 1.67. The summed E-state index contributed by atoms with van der Waals surface area (Å²) in [5.41, 5.74) is 4.71. The van der Waals surface area contributed by atoms with E-state index in [1.165, 1.54) is 0 Å². The fraction of sp³-hybridized carbons (Fsp3) is 0.333. The van der Waals surface area contributed by atoms with Crippen LogP contribution in [0.15, 0.2) is 12.3 Å². The van der Waals surface area contributed by atoms with Gasteiger partial charge in [-0.05, 0) is 6.08 Å². The molecule has 0 saturated heterocycles. The summed E-state index contributed by atoms with van der Waals surface area (Å²) in [7, 11) is 0. The van der Waals surface area contributed by atoms with Gasteiger partial charge in [0.2, 0.25) is 0 Å². The maximum Gasteiger partial charge on any atom is 0.124 e. The second-order valence-corrected chi connectivity index (χ2v) is 0.832. The van der Waals surface area contributed by atoms with Crippen molar-refractivity contribution >= 4 is 0 Å². The number of nitrogens with two attached hydrogens (primary N) is 1. The van der Waals surface area contributed by atoms with E-state index in [2.05, 4.69) is 0 Å². The molecule has 0 aromatic heterocycles. The number of hydrogen-bond acceptors (Lipinski definition) is 3. The van der Waals surface area contributed by atoms with Crippen LogP contribution < -0.4 is 5.73 Å². The first kappa shape index (κ1) is 5.46. The van der Waals surface area contributed by atoms with Crippen LogP contribution in [0.5, 0.6) is 0 Å². The van der Waals surface area contributed by atoms with Gasteiger partial charge in [-0.15, -0.1) is 0 Å². The van der Waals surface area contributed by atoms with Gasteiger partial charge in [0.1, 0.15) is 6.23 Å². The van der Waals surface area contributed by atoms with E-state index in [0.717, 1.165) is 6.08 Å². The summed E-state index contributed by atoms with van der Waals surface area (Å²) in [4.78, 5) is 0. The van der Waals surface area contributed by atoms with Crippen molar-refractivity contribution in [2.75, 3.05) is 0 Å². The summed E-state index contributed by atoms with van der Waals surface area (Å²) in [6.07, 6.45) is 0.722. The average Bonchev–Trinajstić information content (AvgIpc) is 1.35. The normalized spacial score (nSPS) is 15.7. The predicted molar refractivity (Wildman–Crippen MR) is 22.0 cm³/mol. The molecule has 0 spiro atoms. The van der Waals surface area contributed by atoms with Gasteiger partial charge in [0.15, 0.2) is 0 Å². The van der Waals surface area contributed by atoms with E-state index in [9.17, 15) is 0 Å². The highest BCUT2D eigenvalue weighted by molar-refractivity contribution is 4.75. The van der Waals surface area contributed by atoms with Crippen molar-refractivity contribution in [1.82, 2.24) is 0 Å². The van der Waals surface area contributed by atoms with Crippen molar-refractivity contribution in [1.29, 1.82) is 0 Å². The zero-order valence-corrected chi connectivity index (χ0v) is 3.20. The molecule has 0 rings (SSSR count). The topological polar surface area (TPSA) is 66.5 Å². The van der Waals surface area contributed by atoms with Gasteiger partial charge in [-0.3, -0.25) is 0 Å². The second kappa shape index (κ2) is 2.68. The van der Waals surface area contributed by atoms with Gasteiger partial charge in [0.05, 0.1) is 6.26 Å². The molecule has 0 aliphatic heterocycles. The van der Waals surface area contributed by atoms with Crippen LogP contribution >= 0.6 is 0 Å². The Hall–Kier alpha value is -0.540. The standard InChI is InChI=1S/C3H7NO2/c4-3(6)1-2-5/h1-3,5-6H,4H2/b2-1+/t3-/m0/s1. The van der Waals surface area contributed by atoms with Crippen LogP contribution in [-0.4, -0.2) is 16.4 Å². The van der Waals surface area contributed by atoms with E-state index in [4.69, 9.17) is 15.9 Å². The molecule has 0 amide bonds. The van der Waals surface area contributed by atoms with Crippen molar-refractivity contribution in [3.05, 3.63) is 12.3 Å². The molecule has 1 atom stereocenters. The summed E-state index contributed by atoms with van der Waals surface area (Å²) in [6, 6.07) is 0. The Labute approximate surface area is 35.7 Å². The van der Waals surface area contributed by atoms with Gasteiger partial charge in [-0.2, -0.15) is 0 Å². The molecule has 0 aliphatic carbocycles. The Kier molecular flexibility index (Phi) is 2.44. The van der Waals surface area contributed by atoms with Crippen molar-refractivity contribution in [2.45, 2.75) is 6.23 Å². The van der Waals surface area contributed by atoms with Crippen LogP contribution in [0.3, 0.4) is 0 Å². The molecule has 0 unspecified atom stereocenters. The Morgan fingerprint density at radius 1 is 1.67 bits per heavy atom. The summed E-state index contributed by atoms with van der Waals surface area (Å²) in [6.45, 7) is 0. The molecule has 6 heavy (non-hydrogen) atoms. The maximum atomic E-state index is 8.08. The van der Waals surface area contributed by atoms with Gasteiger partial charge in [-0.25, -0.2) is 0 Å². The van der Waals surface area contributed by atoms with Gasteiger partial charge >= 0.3 is 0 Å². The smallest absolute Gasteiger partial charge is 0.124 e. The van der Waals surface area contributed by atoms with Gasteiger partial charge in [-0.1, -0.05) is 0 Å². The third-order valence-corrected chi connectivity index (χ3v) is 0.283. The Bertz CT molecular complexity index is 50.8. The summed E-state index contributed by atoms with van der Waals surface area (Å²) in [5, 5.41) is 15.9. The second-order valence-electron chi connectivity index (χ2n) is 0.832. The van der Waals surface area contributed by atoms with E-state index >= 15 is 0 Å². The molecule has 0 saturated carbocycles. The zero-order chi connectivity index (χ0) is 4.99. The highest BCUT2D eigenvalue weighted by Gasteiger charge is 1.79. The monoisotopic (exact) mass is 89.0 g/mol. The molecule has 0 bridgehead atoms. The van der Waals surface area contributed by atoms with E-state index in [0.29, 0.717) is 6.26 Å². The molecular formula is C3H7NO2. The molecule has 36 valence electrons. The molecule has 0 aromatic carbocycles. The van der Waals surface area contributed by atoms with Crippen LogP contribution in [0.4, 0.5) is 0 Å². The Morgan fingerprint density at radius 3 is 2.17 bits per heavy atom. The first-order valence-corrected chi connectivity index (χ1v) is 1.52. The van der Waals surface area contributed by atoms with Crippen molar-refractivity contribution < 1.29 is 10.2 Å². The minimum Gasteiger partial charge on any atom is -0.516 e. The first-order valence-electron chi connectivity index (χ1n) is 1.52. The van der Waals surface area contributed by atoms with Crippen molar-refractivity contribution in [3.63, 3.8) is 0 Å². The van der Waals surface area contributed by atoms with Crippen LogP contribution in [0, 0.1) is 0 Å². The fourth-order valence-electron chi connectivity index (χ4n) is 0.0882. The summed E-state index contributed by atoms with van der Waals surface area (Å²) < 4.78 is 0. The number of hydrogen-bond donors (Lipinski definition) is 3. The lowest BCUT2D eigenvalue weighted by Crippen LogP contribution is -2.14. The number of rotatable bonds is 1. The van der Waals surface area contributed by atoms with Crippen molar-refractivity contribution in [3.8, 4) is 0 Å². The van der Waals surface area contributed by atoms with Crippen LogP contribution in [0.1, 0.15) is 0 Å². The molecule has 0 aromatic rings. The van der Waals surface area contributed by atoms with E-state index in [-0.39, 0.29) is 0 Å². The lowest BCUT2D eigenvalue weighted by Gasteiger charge is -1.87. The molecule has 0 radical (unpaired) electrons. The lowest BCUT2D eigenvalue weighted by atomic mass is 10.6. The van der Waals surface area contributed by atoms with Gasteiger partial charge < -0.3 is 15.9 Å². The third kappa shape index (κ3) is 3.46. The molecule has 0 heterocycles.